The van der Waals surface area contributed by atoms with E-state index < -0.39 is 20.9 Å². The van der Waals surface area contributed by atoms with E-state index in [1.165, 1.54) is 7.11 Å². The Morgan fingerprint density at radius 2 is 1.93 bits per heavy atom. The van der Waals surface area contributed by atoms with Crippen molar-refractivity contribution in [3.8, 4) is 0 Å². The minimum atomic E-state index is -3.31. The van der Waals surface area contributed by atoms with Crippen molar-refractivity contribution < 1.29 is 18.3 Å². The monoisotopic (exact) mass is 239 g/mol. The van der Waals surface area contributed by atoms with Crippen LogP contribution < -0.4 is 4.72 Å². The standard InChI is InChI=1S/C9H21NO4S/c1-9(2,3)15(12,13)10-6-5-8(11)7-14-4/h8,10-11H,5-7H2,1-4H3. The summed E-state index contributed by atoms with van der Waals surface area (Å²) in [7, 11) is -1.82. The van der Waals surface area contributed by atoms with E-state index >= 15 is 0 Å². The fourth-order valence-corrected chi connectivity index (χ4v) is 1.67. The zero-order valence-corrected chi connectivity index (χ0v) is 10.6. The summed E-state index contributed by atoms with van der Waals surface area (Å²) in [5.41, 5.74) is 0. The lowest BCUT2D eigenvalue weighted by molar-refractivity contribution is 0.0603. The molecule has 0 bridgehead atoms. The summed E-state index contributed by atoms with van der Waals surface area (Å²) in [6.45, 7) is 5.32. The van der Waals surface area contributed by atoms with Gasteiger partial charge in [-0.3, -0.25) is 0 Å². The van der Waals surface area contributed by atoms with Gasteiger partial charge in [-0.25, -0.2) is 13.1 Å². The van der Waals surface area contributed by atoms with Gasteiger partial charge in [0.25, 0.3) is 0 Å². The van der Waals surface area contributed by atoms with E-state index in [4.69, 9.17) is 4.74 Å². The topological polar surface area (TPSA) is 75.6 Å². The average molecular weight is 239 g/mol. The number of aliphatic hydroxyl groups excluding tert-OH is 1. The maximum absolute atomic E-state index is 11.6. The van der Waals surface area contributed by atoms with Crippen LogP contribution in [0, 0.1) is 0 Å². The molecule has 15 heavy (non-hydrogen) atoms. The van der Waals surface area contributed by atoms with Gasteiger partial charge in [0.1, 0.15) is 0 Å². The first-order valence-electron chi connectivity index (χ1n) is 4.87. The van der Waals surface area contributed by atoms with Crippen molar-refractivity contribution in [1.82, 2.24) is 4.72 Å². The second-order valence-electron chi connectivity index (χ2n) is 4.41. The molecule has 0 aromatic rings. The molecule has 1 unspecified atom stereocenters. The second-order valence-corrected chi connectivity index (χ2v) is 6.93. The average Bonchev–Trinajstić information content (AvgIpc) is 2.01. The molecule has 0 amide bonds. The molecular formula is C9H21NO4S. The number of nitrogens with one attached hydrogen (secondary N) is 1. The first-order chi connectivity index (χ1) is 6.70. The zero-order chi connectivity index (χ0) is 12.1. The van der Waals surface area contributed by atoms with Crippen LogP contribution in [0.25, 0.3) is 0 Å². The van der Waals surface area contributed by atoms with Gasteiger partial charge in [0, 0.05) is 13.7 Å². The Bertz CT molecular complexity index is 268. The van der Waals surface area contributed by atoms with Gasteiger partial charge in [0.15, 0.2) is 0 Å². The highest BCUT2D eigenvalue weighted by Crippen LogP contribution is 2.12. The minimum Gasteiger partial charge on any atom is -0.391 e. The van der Waals surface area contributed by atoms with Gasteiger partial charge in [-0.05, 0) is 27.2 Å². The van der Waals surface area contributed by atoms with Crippen LogP contribution in [0.4, 0.5) is 0 Å². The highest BCUT2D eigenvalue weighted by atomic mass is 32.2. The molecule has 0 aliphatic heterocycles. The Balaban J connectivity index is 3.97. The van der Waals surface area contributed by atoms with Gasteiger partial charge in [-0.1, -0.05) is 0 Å². The second kappa shape index (κ2) is 5.79. The molecule has 6 heteroatoms. The van der Waals surface area contributed by atoms with Gasteiger partial charge in [-0.15, -0.1) is 0 Å². The molecule has 0 heterocycles. The number of methoxy groups -OCH3 is 1. The third-order valence-electron chi connectivity index (χ3n) is 1.93. The van der Waals surface area contributed by atoms with Crippen LogP contribution in [0.1, 0.15) is 27.2 Å². The molecule has 0 aliphatic carbocycles. The quantitative estimate of drug-likeness (QED) is 0.689. The Morgan fingerprint density at radius 3 is 2.33 bits per heavy atom. The van der Waals surface area contributed by atoms with Gasteiger partial charge in [0.2, 0.25) is 10.0 Å². The first kappa shape index (κ1) is 14.8. The number of hydrogen-bond donors (Lipinski definition) is 2. The van der Waals surface area contributed by atoms with E-state index in [1.807, 2.05) is 0 Å². The van der Waals surface area contributed by atoms with Gasteiger partial charge in [0.05, 0.1) is 17.5 Å². The van der Waals surface area contributed by atoms with Crippen molar-refractivity contribution in [3.05, 3.63) is 0 Å². The maximum Gasteiger partial charge on any atom is 0.216 e. The smallest absolute Gasteiger partial charge is 0.216 e. The number of rotatable bonds is 6. The molecule has 1 atom stereocenters. The fraction of sp³-hybridized carbons (Fsp3) is 1.00. The molecular weight excluding hydrogens is 218 g/mol. The number of ether oxygens (including phenoxy) is 1. The maximum atomic E-state index is 11.6. The Hall–Kier alpha value is -0.170. The van der Waals surface area contributed by atoms with Gasteiger partial charge < -0.3 is 9.84 Å². The lowest BCUT2D eigenvalue weighted by Crippen LogP contribution is -2.40. The highest BCUT2D eigenvalue weighted by Gasteiger charge is 2.28. The minimum absolute atomic E-state index is 0.219. The summed E-state index contributed by atoms with van der Waals surface area (Å²) in [5.74, 6) is 0. The predicted molar refractivity (Wildman–Crippen MR) is 59.2 cm³/mol. The Labute approximate surface area is 91.9 Å². The summed E-state index contributed by atoms with van der Waals surface area (Å²) in [6, 6.07) is 0. The van der Waals surface area contributed by atoms with Crippen molar-refractivity contribution in [2.45, 2.75) is 38.0 Å². The molecule has 0 rings (SSSR count). The fourth-order valence-electron chi connectivity index (χ4n) is 0.852. The normalized spacial score (nSPS) is 15.3. The third kappa shape index (κ3) is 5.46. The lowest BCUT2D eigenvalue weighted by atomic mass is 10.3. The van der Waals surface area contributed by atoms with Crippen LogP contribution in [0.3, 0.4) is 0 Å². The van der Waals surface area contributed by atoms with E-state index in [1.54, 1.807) is 20.8 Å². The van der Waals surface area contributed by atoms with E-state index in [0.29, 0.717) is 6.42 Å². The number of sulfonamides is 1. The molecule has 0 saturated heterocycles. The largest absolute Gasteiger partial charge is 0.391 e. The molecule has 0 radical (unpaired) electrons. The van der Waals surface area contributed by atoms with Crippen molar-refractivity contribution in [2.75, 3.05) is 20.3 Å². The third-order valence-corrected chi connectivity index (χ3v) is 4.13. The molecule has 92 valence electrons. The first-order valence-corrected chi connectivity index (χ1v) is 6.35. The Kier molecular flexibility index (Phi) is 5.72. The van der Waals surface area contributed by atoms with Gasteiger partial charge in [-0.2, -0.15) is 0 Å². The van der Waals surface area contributed by atoms with E-state index in [9.17, 15) is 13.5 Å². The van der Waals surface area contributed by atoms with Crippen molar-refractivity contribution >= 4 is 10.0 Å². The van der Waals surface area contributed by atoms with E-state index in [2.05, 4.69) is 4.72 Å². The van der Waals surface area contributed by atoms with E-state index in [0.717, 1.165) is 0 Å². The summed E-state index contributed by atoms with van der Waals surface area (Å²) in [6.07, 6.45) is -0.277. The molecule has 0 aromatic carbocycles. The molecule has 0 aliphatic rings. The summed E-state index contributed by atoms with van der Waals surface area (Å²) >= 11 is 0. The summed E-state index contributed by atoms with van der Waals surface area (Å²) in [4.78, 5) is 0. The Morgan fingerprint density at radius 1 is 1.40 bits per heavy atom. The van der Waals surface area contributed by atoms with Gasteiger partial charge >= 0.3 is 0 Å². The van der Waals surface area contributed by atoms with Crippen LogP contribution in [0.15, 0.2) is 0 Å². The predicted octanol–water partition coefficient (Wildman–Crippen LogP) is 0.102. The van der Waals surface area contributed by atoms with Crippen molar-refractivity contribution in [3.63, 3.8) is 0 Å². The zero-order valence-electron chi connectivity index (χ0n) is 9.78. The SMILES string of the molecule is COCC(O)CCNS(=O)(=O)C(C)(C)C. The molecule has 0 spiro atoms. The number of hydrogen-bond acceptors (Lipinski definition) is 4. The van der Waals surface area contributed by atoms with Crippen LogP contribution in [0.5, 0.6) is 0 Å². The van der Waals surface area contributed by atoms with Crippen LogP contribution >= 0.6 is 0 Å². The molecule has 0 fully saturated rings. The van der Waals surface area contributed by atoms with Crippen LogP contribution in [-0.2, 0) is 14.8 Å². The molecule has 0 aromatic heterocycles. The molecule has 0 saturated carbocycles. The van der Waals surface area contributed by atoms with Crippen LogP contribution in [-0.4, -0.2) is 44.6 Å². The van der Waals surface area contributed by atoms with Crippen molar-refractivity contribution in [1.29, 1.82) is 0 Å². The van der Waals surface area contributed by atoms with Crippen LogP contribution in [0.2, 0.25) is 0 Å². The lowest BCUT2D eigenvalue weighted by Gasteiger charge is -2.20. The number of aliphatic hydroxyl groups is 1. The highest BCUT2D eigenvalue weighted by molar-refractivity contribution is 7.90. The molecule has 2 N–H and O–H groups in total. The molecule has 5 nitrogen and oxygen atoms in total. The summed E-state index contributed by atoms with van der Waals surface area (Å²) in [5, 5.41) is 9.29. The van der Waals surface area contributed by atoms with E-state index in [-0.39, 0.29) is 13.2 Å². The van der Waals surface area contributed by atoms with Crippen molar-refractivity contribution in [2.24, 2.45) is 0 Å². The summed E-state index contributed by atoms with van der Waals surface area (Å²) < 4.78 is 29.5.